The van der Waals surface area contributed by atoms with Crippen molar-refractivity contribution in [2.24, 2.45) is 0 Å². The van der Waals surface area contributed by atoms with Crippen molar-refractivity contribution in [3.8, 4) is 5.75 Å². The fourth-order valence-corrected chi connectivity index (χ4v) is 1.23. The lowest BCUT2D eigenvalue weighted by Gasteiger charge is -2.04. The van der Waals surface area contributed by atoms with Crippen LogP contribution in [0, 0.1) is 0 Å². The third-order valence-corrected chi connectivity index (χ3v) is 1.93. The van der Waals surface area contributed by atoms with E-state index in [4.69, 9.17) is 20.6 Å². The van der Waals surface area contributed by atoms with Crippen molar-refractivity contribution in [2.45, 2.75) is 6.42 Å². The Morgan fingerprint density at radius 3 is 2.81 bits per heavy atom. The monoisotopic (exact) mass is 220 g/mol. The molecule has 0 aliphatic carbocycles. The Kier molecular flexibility index (Phi) is 2.90. The first-order chi connectivity index (χ1) is 7.74. The highest BCUT2D eigenvalue weighted by molar-refractivity contribution is 5.43. The molecule has 0 fully saturated rings. The molecule has 0 spiro atoms. The van der Waals surface area contributed by atoms with Crippen LogP contribution >= 0.6 is 0 Å². The van der Waals surface area contributed by atoms with E-state index < -0.39 is 0 Å². The van der Waals surface area contributed by atoms with Crippen LogP contribution in [-0.4, -0.2) is 16.8 Å². The largest absolute Gasteiger partial charge is 0.493 e. The summed E-state index contributed by atoms with van der Waals surface area (Å²) in [5, 5.41) is 7.26. The molecule has 0 atom stereocenters. The van der Waals surface area contributed by atoms with Gasteiger partial charge in [0.25, 0.3) is 0 Å². The van der Waals surface area contributed by atoms with Gasteiger partial charge in [-0.2, -0.15) is 0 Å². The van der Waals surface area contributed by atoms with Crippen molar-refractivity contribution in [1.82, 2.24) is 10.2 Å². The Morgan fingerprint density at radius 1 is 1.25 bits per heavy atom. The van der Waals surface area contributed by atoms with Crippen LogP contribution < -0.4 is 16.2 Å². The number of nitrogens with two attached hydrogens (primary N) is 2. The van der Waals surface area contributed by atoms with Crippen molar-refractivity contribution in [3.63, 3.8) is 0 Å². The van der Waals surface area contributed by atoms with Gasteiger partial charge in [-0.15, -0.1) is 5.10 Å². The van der Waals surface area contributed by atoms with Crippen molar-refractivity contribution in [1.29, 1.82) is 0 Å². The number of aromatic nitrogens is 2. The predicted octanol–water partition coefficient (Wildman–Crippen LogP) is 0.855. The minimum absolute atomic E-state index is 0.0685. The van der Waals surface area contributed by atoms with Crippen LogP contribution in [0.5, 0.6) is 5.75 Å². The molecule has 84 valence electrons. The second-order valence-corrected chi connectivity index (χ2v) is 3.20. The van der Waals surface area contributed by atoms with Gasteiger partial charge in [0.2, 0.25) is 5.89 Å². The van der Waals surface area contributed by atoms with E-state index in [1.54, 1.807) is 12.1 Å². The fourth-order valence-electron chi connectivity index (χ4n) is 1.23. The second-order valence-electron chi connectivity index (χ2n) is 3.20. The smallest absolute Gasteiger partial charge is 0.312 e. The predicted molar refractivity (Wildman–Crippen MR) is 58.8 cm³/mol. The number of nitrogens with zero attached hydrogens (tertiary/aromatic N) is 2. The summed E-state index contributed by atoms with van der Waals surface area (Å²) in [5.74, 6) is 1.17. The lowest BCUT2D eigenvalue weighted by Crippen LogP contribution is -2.01. The zero-order chi connectivity index (χ0) is 11.4. The van der Waals surface area contributed by atoms with Gasteiger partial charge in [-0.3, -0.25) is 0 Å². The normalized spacial score (nSPS) is 10.2. The number of anilines is 2. The summed E-state index contributed by atoms with van der Waals surface area (Å²) in [5.41, 5.74) is 11.6. The molecule has 0 radical (unpaired) electrons. The molecule has 1 aromatic heterocycles. The number of ether oxygens (including phenoxy) is 1. The quantitative estimate of drug-likeness (QED) is 0.741. The third kappa shape index (κ3) is 2.63. The van der Waals surface area contributed by atoms with Gasteiger partial charge in [0, 0.05) is 11.8 Å². The molecule has 0 aliphatic heterocycles. The number of benzene rings is 1. The van der Waals surface area contributed by atoms with Gasteiger partial charge >= 0.3 is 6.01 Å². The Bertz CT molecular complexity index is 469. The first-order valence-electron chi connectivity index (χ1n) is 4.80. The van der Waals surface area contributed by atoms with Gasteiger partial charge in [-0.05, 0) is 12.1 Å². The summed E-state index contributed by atoms with van der Waals surface area (Å²) >= 11 is 0. The average molecular weight is 220 g/mol. The lowest BCUT2D eigenvalue weighted by molar-refractivity contribution is 0.307. The Morgan fingerprint density at radius 2 is 2.12 bits per heavy atom. The summed E-state index contributed by atoms with van der Waals surface area (Å²) in [7, 11) is 0. The molecule has 2 rings (SSSR count). The van der Waals surface area contributed by atoms with Gasteiger partial charge in [-0.1, -0.05) is 11.2 Å². The highest BCUT2D eigenvalue weighted by atomic mass is 16.5. The molecule has 0 saturated carbocycles. The van der Waals surface area contributed by atoms with Crippen LogP contribution in [0.3, 0.4) is 0 Å². The molecule has 1 aromatic carbocycles. The number of rotatable bonds is 4. The lowest BCUT2D eigenvalue weighted by atomic mass is 10.3. The first-order valence-corrected chi connectivity index (χ1v) is 4.80. The van der Waals surface area contributed by atoms with E-state index >= 15 is 0 Å². The molecule has 0 bridgehead atoms. The molecule has 4 N–H and O–H groups in total. The van der Waals surface area contributed by atoms with E-state index in [0.29, 0.717) is 30.4 Å². The Hall–Kier alpha value is -2.24. The number of hydrogen-bond donors (Lipinski definition) is 2. The fraction of sp³-hybridized carbons (Fsp3) is 0.200. The molecule has 16 heavy (non-hydrogen) atoms. The zero-order valence-electron chi connectivity index (χ0n) is 8.59. The van der Waals surface area contributed by atoms with Crippen molar-refractivity contribution in [2.75, 3.05) is 18.1 Å². The van der Waals surface area contributed by atoms with Gasteiger partial charge in [-0.25, -0.2) is 0 Å². The molecule has 1 heterocycles. The summed E-state index contributed by atoms with van der Waals surface area (Å²) < 4.78 is 10.4. The molecular formula is C10H12N4O2. The van der Waals surface area contributed by atoms with Crippen LogP contribution in [0.1, 0.15) is 5.89 Å². The number of hydrogen-bond acceptors (Lipinski definition) is 6. The van der Waals surface area contributed by atoms with Crippen LogP contribution in [-0.2, 0) is 6.42 Å². The summed E-state index contributed by atoms with van der Waals surface area (Å²) in [6.07, 6.45) is 0.513. The molecule has 0 unspecified atom stereocenters. The van der Waals surface area contributed by atoms with E-state index in [-0.39, 0.29) is 6.01 Å². The van der Waals surface area contributed by atoms with E-state index in [2.05, 4.69) is 10.2 Å². The zero-order valence-corrected chi connectivity index (χ0v) is 8.59. The maximum atomic E-state index is 5.61. The van der Waals surface area contributed by atoms with Crippen molar-refractivity contribution in [3.05, 3.63) is 30.2 Å². The van der Waals surface area contributed by atoms with Gasteiger partial charge < -0.3 is 20.6 Å². The highest BCUT2D eigenvalue weighted by Gasteiger charge is 2.02. The molecule has 0 amide bonds. The Balaban J connectivity index is 1.84. The molecule has 6 nitrogen and oxygen atoms in total. The maximum Gasteiger partial charge on any atom is 0.312 e. The van der Waals surface area contributed by atoms with E-state index in [1.165, 1.54) is 0 Å². The van der Waals surface area contributed by atoms with Gasteiger partial charge in [0.05, 0.1) is 13.0 Å². The summed E-state index contributed by atoms with van der Waals surface area (Å²) in [6, 6.07) is 7.28. The molecule has 0 aliphatic rings. The summed E-state index contributed by atoms with van der Waals surface area (Å²) in [6.45, 7) is 0.436. The average Bonchev–Trinajstić information content (AvgIpc) is 2.64. The topological polar surface area (TPSA) is 100 Å². The second kappa shape index (κ2) is 4.52. The van der Waals surface area contributed by atoms with Crippen LogP contribution in [0.2, 0.25) is 0 Å². The first kappa shape index (κ1) is 10.3. The minimum Gasteiger partial charge on any atom is -0.493 e. The van der Waals surface area contributed by atoms with Crippen LogP contribution in [0.15, 0.2) is 28.7 Å². The minimum atomic E-state index is 0.0685. The maximum absolute atomic E-state index is 5.61. The van der Waals surface area contributed by atoms with Gasteiger partial charge in [0.1, 0.15) is 5.75 Å². The van der Waals surface area contributed by atoms with Gasteiger partial charge in [0.15, 0.2) is 0 Å². The molecule has 0 saturated heterocycles. The van der Waals surface area contributed by atoms with E-state index in [0.717, 1.165) is 0 Å². The van der Waals surface area contributed by atoms with E-state index in [9.17, 15) is 0 Å². The van der Waals surface area contributed by atoms with Crippen molar-refractivity contribution >= 4 is 11.7 Å². The standard InChI is InChI=1S/C10H12N4O2/c11-7-2-1-3-8(6-7)15-5-4-9-13-14-10(12)16-9/h1-3,6H,4-5,11H2,(H2,12,14). The molecular weight excluding hydrogens is 208 g/mol. The number of nitrogen functional groups attached to an aromatic ring is 2. The highest BCUT2D eigenvalue weighted by Crippen LogP contribution is 2.14. The molecule has 2 aromatic rings. The van der Waals surface area contributed by atoms with E-state index in [1.807, 2.05) is 12.1 Å². The summed E-state index contributed by atoms with van der Waals surface area (Å²) in [4.78, 5) is 0. The SMILES string of the molecule is Nc1cccc(OCCc2nnc(N)o2)c1. The van der Waals surface area contributed by atoms with Crippen LogP contribution in [0.4, 0.5) is 11.7 Å². The Labute approximate surface area is 92.2 Å². The molecule has 6 heteroatoms. The van der Waals surface area contributed by atoms with Crippen LogP contribution in [0.25, 0.3) is 0 Å². The third-order valence-electron chi connectivity index (χ3n) is 1.93. The van der Waals surface area contributed by atoms with Crippen molar-refractivity contribution < 1.29 is 9.15 Å².